The van der Waals surface area contributed by atoms with Crippen LogP contribution in [0.3, 0.4) is 0 Å². The number of amides is 1. The summed E-state index contributed by atoms with van der Waals surface area (Å²) in [6.07, 6.45) is 1.43. The first-order chi connectivity index (χ1) is 10.5. The van der Waals surface area contributed by atoms with Crippen molar-refractivity contribution >= 4 is 17.7 Å². The van der Waals surface area contributed by atoms with Crippen LogP contribution >= 0.6 is 0 Å². The number of hydrogen-bond acceptors (Lipinski definition) is 2. The fourth-order valence-corrected chi connectivity index (χ4v) is 1.89. The van der Waals surface area contributed by atoms with Crippen LogP contribution in [0.25, 0.3) is 6.08 Å². The molecule has 0 aromatic heterocycles. The molecule has 2 aromatic carbocycles. The summed E-state index contributed by atoms with van der Waals surface area (Å²) in [7, 11) is 0. The third-order valence-corrected chi connectivity index (χ3v) is 3.31. The molecular weight excluding hydrogens is 279 g/mol. The van der Waals surface area contributed by atoms with Gasteiger partial charge in [-0.3, -0.25) is 4.79 Å². The third-order valence-electron chi connectivity index (χ3n) is 3.31. The molecule has 4 heteroatoms. The fraction of sp³-hybridized carbons (Fsp3) is 0.111. The normalized spacial score (nSPS) is 10.9. The van der Waals surface area contributed by atoms with Crippen LogP contribution < -0.4 is 5.32 Å². The van der Waals surface area contributed by atoms with Gasteiger partial charge in [0, 0.05) is 5.69 Å². The number of rotatable bonds is 3. The molecule has 3 nitrogen and oxygen atoms in total. The molecule has 0 aliphatic carbocycles. The van der Waals surface area contributed by atoms with Gasteiger partial charge < -0.3 is 5.32 Å². The molecule has 0 heterocycles. The molecule has 0 fully saturated rings. The van der Waals surface area contributed by atoms with Gasteiger partial charge in [0.05, 0.1) is 0 Å². The third kappa shape index (κ3) is 3.80. The van der Waals surface area contributed by atoms with Gasteiger partial charge in [-0.15, -0.1) is 0 Å². The quantitative estimate of drug-likeness (QED) is 0.687. The van der Waals surface area contributed by atoms with Crippen LogP contribution in [0.1, 0.15) is 16.7 Å². The lowest BCUT2D eigenvalue weighted by Gasteiger charge is -2.07. The Kier molecular flexibility index (Phi) is 4.70. The minimum atomic E-state index is -0.491. The van der Waals surface area contributed by atoms with Gasteiger partial charge in [0.2, 0.25) is 0 Å². The summed E-state index contributed by atoms with van der Waals surface area (Å²) in [6, 6.07) is 13.0. The summed E-state index contributed by atoms with van der Waals surface area (Å²) >= 11 is 0. The van der Waals surface area contributed by atoms with E-state index in [4.69, 9.17) is 5.26 Å². The molecular formula is C18H15FN2O. The van der Waals surface area contributed by atoms with Crippen molar-refractivity contribution in [2.24, 2.45) is 0 Å². The molecule has 0 atom stereocenters. The Balaban J connectivity index is 2.20. The van der Waals surface area contributed by atoms with E-state index in [1.807, 2.05) is 32.0 Å². The largest absolute Gasteiger partial charge is 0.321 e. The molecule has 0 aliphatic rings. The van der Waals surface area contributed by atoms with Gasteiger partial charge >= 0.3 is 0 Å². The summed E-state index contributed by atoms with van der Waals surface area (Å²) in [5, 5.41) is 11.8. The van der Waals surface area contributed by atoms with E-state index in [2.05, 4.69) is 5.32 Å². The Morgan fingerprint density at radius 1 is 1.14 bits per heavy atom. The molecule has 1 amide bonds. The maximum Gasteiger partial charge on any atom is 0.266 e. The van der Waals surface area contributed by atoms with Crippen molar-refractivity contribution in [2.45, 2.75) is 13.8 Å². The summed E-state index contributed by atoms with van der Waals surface area (Å²) in [5.74, 6) is -0.856. The molecule has 0 saturated carbocycles. The zero-order chi connectivity index (χ0) is 16.1. The fourth-order valence-electron chi connectivity index (χ4n) is 1.89. The molecule has 0 spiro atoms. The van der Waals surface area contributed by atoms with Crippen LogP contribution in [0.5, 0.6) is 0 Å². The Morgan fingerprint density at radius 2 is 1.82 bits per heavy atom. The van der Waals surface area contributed by atoms with E-state index < -0.39 is 5.91 Å². The number of nitriles is 1. The highest BCUT2D eigenvalue weighted by atomic mass is 19.1. The van der Waals surface area contributed by atoms with E-state index in [9.17, 15) is 9.18 Å². The molecule has 0 aliphatic heterocycles. The van der Waals surface area contributed by atoms with Gasteiger partial charge in [-0.2, -0.15) is 5.26 Å². The maximum absolute atomic E-state index is 12.9. The maximum atomic E-state index is 12.9. The molecule has 2 rings (SSSR count). The predicted molar refractivity (Wildman–Crippen MR) is 84.5 cm³/mol. The van der Waals surface area contributed by atoms with Crippen molar-refractivity contribution in [1.29, 1.82) is 5.26 Å². The van der Waals surface area contributed by atoms with E-state index >= 15 is 0 Å². The van der Waals surface area contributed by atoms with Crippen molar-refractivity contribution in [1.82, 2.24) is 0 Å². The number of nitrogens with one attached hydrogen (secondary N) is 1. The molecule has 22 heavy (non-hydrogen) atoms. The standard InChI is InChI=1S/C18H15FN2O/c1-12-3-8-17(9-13(12)2)21-18(22)15(11-20)10-14-4-6-16(19)7-5-14/h3-10H,1-2H3,(H,21,22)/b15-10+. The second-order valence-corrected chi connectivity index (χ2v) is 4.97. The van der Waals surface area contributed by atoms with Gasteiger partial charge in [0.15, 0.2) is 0 Å². The minimum Gasteiger partial charge on any atom is -0.321 e. The number of carbonyl (C=O) groups is 1. The SMILES string of the molecule is Cc1ccc(NC(=O)/C(C#N)=C/c2ccc(F)cc2)cc1C. The highest BCUT2D eigenvalue weighted by molar-refractivity contribution is 6.09. The zero-order valence-electron chi connectivity index (χ0n) is 12.4. The van der Waals surface area contributed by atoms with Crippen LogP contribution in [-0.4, -0.2) is 5.91 Å². The number of carbonyl (C=O) groups excluding carboxylic acids is 1. The van der Waals surface area contributed by atoms with Crippen molar-refractivity contribution in [3.63, 3.8) is 0 Å². The van der Waals surface area contributed by atoms with Crippen LogP contribution in [0.4, 0.5) is 10.1 Å². The molecule has 2 aromatic rings. The first-order valence-corrected chi connectivity index (χ1v) is 6.75. The monoisotopic (exact) mass is 294 g/mol. The molecule has 0 radical (unpaired) electrons. The Labute approximate surface area is 128 Å². The van der Waals surface area contributed by atoms with Crippen LogP contribution in [0, 0.1) is 31.0 Å². The van der Waals surface area contributed by atoms with E-state index in [0.29, 0.717) is 11.3 Å². The number of benzene rings is 2. The van der Waals surface area contributed by atoms with Gasteiger partial charge in [-0.1, -0.05) is 18.2 Å². The lowest BCUT2D eigenvalue weighted by molar-refractivity contribution is -0.112. The zero-order valence-corrected chi connectivity index (χ0v) is 12.4. The lowest BCUT2D eigenvalue weighted by Crippen LogP contribution is -2.13. The highest BCUT2D eigenvalue weighted by Crippen LogP contribution is 2.16. The number of halogens is 1. The summed E-state index contributed by atoms with van der Waals surface area (Å²) < 4.78 is 12.9. The van der Waals surface area contributed by atoms with E-state index in [-0.39, 0.29) is 11.4 Å². The van der Waals surface area contributed by atoms with Gasteiger partial charge in [0.1, 0.15) is 17.5 Å². The van der Waals surface area contributed by atoms with Crippen molar-refractivity contribution in [2.75, 3.05) is 5.32 Å². The Bertz CT molecular complexity index is 771. The minimum absolute atomic E-state index is 0.0372. The first kappa shape index (κ1) is 15.5. The topological polar surface area (TPSA) is 52.9 Å². The van der Waals surface area contributed by atoms with Crippen LogP contribution in [-0.2, 0) is 4.79 Å². The van der Waals surface area contributed by atoms with Gasteiger partial charge in [-0.05, 0) is 60.9 Å². The molecule has 0 saturated heterocycles. The number of anilines is 1. The van der Waals surface area contributed by atoms with E-state index in [0.717, 1.165) is 11.1 Å². The lowest BCUT2D eigenvalue weighted by atomic mass is 10.1. The number of hydrogen-bond donors (Lipinski definition) is 1. The number of nitrogens with zero attached hydrogens (tertiary/aromatic N) is 1. The summed E-state index contributed by atoms with van der Waals surface area (Å²) in [6.45, 7) is 3.93. The van der Waals surface area contributed by atoms with Gasteiger partial charge in [-0.25, -0.2) is 4.39 Å². The van der Waals surface area contributed by atoms with Crippen molar-refractivity contribution < 1.29 is 9.18 Å². The second-order valence-electron chi connectivity index (χ2n) is 4.97. The van der Waals surface area contributed by atoms with Crippen molar-refractivity contribution in [3.05, 3.63) is 70.5 Å². The van der Waals surface area contributed by atoms with Crippen molar-refractivity contribution in [3.8, 4) is 6.07 Å². The second kappa shape index (κ2) is 6.68. The average Bonchev–Trinajstić information content (AvgIpc) is 2.50. The first-order valence-electron chi connectivity index (χ1n) is 6.75. The average molecular weight is 294 g/mol. The van der Waals surface area contributed by atoms with E-state index in [1.165, 1.54) is 30.3 Å². The summed E-state index contributed by atoms with van der Waals surface area (Å²) in [5.41, 5.74) is 3.37. The Hall–Kier alpha value is -2.93. The van der Waals surface area contributed by atoms with Crippen LogP contribution in [0.15, 0.2) is 48.0 Å². The molecule has 110 valence electrons. The van der Waals surface area contributed by atoms with E-state index in [1.54, 1.807) is 6.07 Å². The van der Waals surface area contributed by atoms with Crippen LogP contribution in [0.2, 0.25) is 0 Å². The predicted octanol–water partition coefficient (Wildman–Crippen LogP) is 3.99. The van der Waals surface area contributed by atoms with Gasteiger partial charge in [0.25, 0.3) is 5.91 Å². The Morgan fingerprint density at radius 3 is 2.41 bits per heavy atom. The highest BCUT2D eigenvalue weighted by Gasteiger charge is 2.10. The molecule has 0 bridgehead atoms. The smallest absolute Gasteiger partial charge is 0.266 e. The summed E-state index contributed by atoms with van der Waals surface area (Å²) in [4.78, 5) is 12.1. The number of aryl methyl sites for hydroxylation is 2. The molecule has 0 unspecified atom stereocenters. The molecule has 1 N–H and O–H groups in total.